The summed E-state index contributed by atoms with van der Waals surface area (Å²) < 4.78 is 1.61. The van der Waals surface area contributed by atoms with Crippen LogP contribution in [0.25, 0.3) is 5.69 Å². The number of aliphatic carboxylic acids is 1. The second-order valence-electron chi connectivity index (χ2n) is 4.77. The molecule has 2 aromatic heterocycles. The predicted octanol–water partition coefficient (Wildman–Crippen LogP) is 1.20. The van der Waals surface area contributed by atoms with E-state index in [1.807, 2.05) is 0 Å². The average molecular weight is 288 g/mol. The van der Waals surface area contributed by atoms with Gasteiger partial charge in [-0.25, -0.2) is 4.68 Å². The molecule has 110 valence electrons. The quantitative estimate of drug-likeness (QED) is 0.893. The Morgan fingerprint density at radius 2 is 2.14 bits per heavy atom. The van der Waals surface area contributed by atoms with E-state index >= 15 is 0 Å². The monoisotopic (exact) mass is 288 g/mol. The molecule has 1 N–H and O–H groups in total. The molecule has 7 heteroatoms. The van der Waals surface area contributed by atoms with E-state index in [2.05, 4.69) is 10.1 Å². The summed E-state index contributed by atoms with van der Waals surface area (Å²) in [4.78, 5) is 28.6. The minimum absolute atomic E-state index is 0.193. The maximum atomic E-state index is 12.4. The third-order valence-corrected chi connectivity index (χ3v) is 2.92. The van der Waals surface area contributed by atoms with Gasteiger partial charge in [-0.2, -0.15) is 5.10 Å². The van der Waals surface area contributed by atoms with Crippen molar-refractivity contribution in [2.45, 2.75) is 19.9 Å². The molecule has 2 heterocycles. The van der Waals surface area contributed by atoms with Gasteiger partial charge in [-0.05, 0) is 32.0 Å². The van der Waals surface area contributed by atoms with Gasteiger partial charge in [-0.3, -0.25) is 14.6 Å². The lowest BCUT2D eigenvalue weighted by atomic mass is 10.2. The molecule has 7 nitrogen and oxygen atoms in total. The van der Waals surface area contributed by atoms with Crippen LogP contribution < -0.4 is 0 Å². The molecule has 0 atom stereocenters. The van der Waals surface area contributed by atoms with Gasteiger partial charge in [0.2, 0.25) is 0 Å². The molecule has 1 amide bonds. The molecule has 0 aliphatic rings. The number of pyridine rings is 1. The Morgan fingerprint density at radius 1 is 1.38 bits per heavy atom. The number of carboxylic acid groups (broad SMARTS) is 1. The Bertz CT molecular complexity index is 637. The van der Waals surface area contributed by atoms with Crippen LogP contribution in [-0.4, -0.2) is 49.2 Å². The molecule has 2 aromatic rings. The number of rotatable bonds is 5. The van der Waals surface area contributed by atoms with E-state index < -0.39 is 11.9 Å². The normalized spacial score (nSPS) is 10.6. The number of carbonyl (C=O) groups is 2. The maximum Gasteiger partial charge on any atom is 0.323 e. The summed E-state index contributed by atoms with van der Waals surface area (Å²) in [6, 6.07) is 4.85. The van der Waals surface area contributed by atoms with Crippen LogP contribution in [0, 0.1) is 0 Å². The Morgan fingerprint density at radius 3 is 2.71 bits per heavy atom. The summed E-state index contributed by atoms with van der Waals surface area (Å²) in [7, 11) is 0. The molecule has 0 radical (unpaired) electrons. The molecule has 0 bridgehead atoms. The first-order valence-corrected chi connectivity index (χ1v) is 6.48. The SMILES string of the molecule is CC(C)N(CC(=O)O)C(=O)c1cc(-n2cccn2)ccn1. The molecule has 0 saturated heterocycles. The first kappa shape index (κ1) is 14.7. The third-order valence-electron chi connectivity index (χ3n) is 2.92. The standard InChI is InChI=1S/C14H16N4O3/c1-10(2)17(9-13(19)20)14(21)12-8-11(4-6-15-12)18-7-3-5-16-18/h3-8,10H,9H2,1-2H3,(H,19,20). The fourth-order valence-corrected chi connectivity index (χ4v) is 1.88. The van der Waals surface area contributed by atoms with E-state index in [0.717, 1.165) is 0 Å². The van der Waals surface area contributed by atoms with Crippen molar-refractivity contribution >= 4 is 11.9 Å². The van der Waals surface area contributed by atoms with E-state index in [-0.39, 0.29) is 18.3 Å². The minimum atomic E-state index is -1.06. The Labute approximate surface area is 121 Å². The number of amides is 1. The number of carbonyl (C=O) groups excluding carboxylic acids is 1. The van der Waals surface area contributed by atoms with Crippen LogP contribution in [0.2, 0.25) is 0 Å². The van der Waals surface area contributed by atoms with Crippen LogP contribution >= 0.6 is 0 Å². The summed E-state index contributed by atoms with van der Waals surface area (Å²) in [5.41, 5.74) is 0.885. The van der Waals surface area contributed by atoms with Crippen LogP contribution in [0.1, 0.15) is 24.3 Å². The number of nitrogens with zero attached hydrogens (tertiary/aromatic N) is 4. The highest BCUT2D eigenvalue weighted by Gasteiger charge is 2.22. The van der Waals surface area contributed by atoms with Crippen LogP contribution in [0.4, 0.5) is 0 Å². The second-order valence-corrected chi connectivity index (χ2v) is 4.77. The lowest BCUT2D eigenvalue weighted by Gasteiger charge is -2.24. The van der Waals surface area contributed by atoms with E-state index in [9.17, 15) is 9.59 Å². The Hall–Kier alpha value is -2.70. The van der Waals surface area contributed by atoms with Gasteiger partial charge in [0.1, 0.15) is 12.2 Å². The summed E-state index contributed by atoms with van der Waals surface area (Å²) in [5, 5.41) is 13.0. The van der Waals surface area contributed by atoms with Gasteiger partial charge in [0.05, 0.1) is 5.69 Å². The van der Waals surface area contributed by atoms with Crippen molar-refractivity contribution in [2.75, 3.05) is 6.54 Å². The van der Waals surface area contributed by atoms with Crippen molar-refractivity contribution in [2.24, 2.45) is 0 Å². The first-order chi connectivity index (χ1) is 9.99. The summed E-state index contributed by atoms with van der Waals surface area (Å²) in [6.07, 6.45) is 4.89. The summed E-state index contributed by atoms with van der Waals surface area (Å²) >= 11 is 0. The van der Waals surface area contributed by atoms with Crippen LogP contribution in [-0.2, 0) is 4.79 Å². The van der Waals surface area contributed by atoms with Crippen molar-refractivity contribution in [3.63, 3.8) is 0 Å². The molecule has 0 saturated carbocycles. The zero-order valence-electron chi connectivity index (χ0n) is 11.8. The molecular formula is C14H16N4O3. The maximum absolute atomic E-state index is 12.4. The smallest absolute Gasteiger partial charge is 0.323 e. The first-order valence-electron chi connectivity index (χ1n) is 6.48. The molecular weight excluding hydrogens is 272 g/mol. The van der Waals surface area contributed by atoms with Crippen LogP contribution in [0.15, 0.2) is 36.8 Å². The van der Waals surface area contributed by atoms with Crippen molar-refractivity contribution in [3.05, 3.63) is 42.5 Å². The second kappa shape index (κ2) is 6.17. The number of carboxylic acids is 1. The summed E-state index contributed by atoms with van der Waals surface area (Å²) in [5.74, 6) is -1.47. The Kier molecular flexibility index (Phi) is 4.32. The zero-order valence-corrected chi connectivity index (χ0v) is 11.8. The van der Waals surface area contributed by atoms with E-state index in [4.69, 9.17) is 5.11 Å². The van der Waals surface area contributed by atoms with Gasteiger partial charge in [0, 0.05) is 24.6 Å². The minimum Gasteiger partial charge on any atom is -0.480 e. The average Bonchev–Trinajstić information content (AvgIpc) is 2.98. The molecule has 0 spiro atoms. The van der Waals surface area contributed by atoms with Crippen LogP contribution in [0.3, 0.4) is 0 Å². The molecule has 21 heavy (non-hydrogen) atoms. The van der Waals surface area contributed by atoms with Gasteiger partial charge >= 0.3 is 5.97 Å². The van der Waals surface area contributed by atoms with Gasteiger partial charge in [0.25, 0.3) is 5.91 Å². The largest absolute Gasteiger partial charge is 0.480 e. The van der Waals surface area contributed by atoms with Gasteiger partial charge in [-0.15, -0.1) is 0 Å². The fraction of sp³-hybridized carbons (Fsp3) is 0.286. The van der Waals surface area contributed by atoms with Crippen molar-refractivity contribution in [1.29, 1.82) is 0 Å². The van der Waals surface area contributed by atoms with Crippen molar-refractivity contribution < 1.29 is 14.7 Å². The van der Waals surface area contributed by atoms with Crippen molar-refractivity contribution in [3.8, 4) is 5.69 Å². The highest BCUT2D eigenvalue weighted by atomic mass is 16.4. The molecule has 0 aromatic carbocycles. The predicted molar refractivity (Wildman–Crippen MR) is 75.2 cm³/mol. The lowest BCUT2D eigenvalue weighted by Crippen LogP contribution is -2.41. The molecule has 2 rings (SSSR count). The zero-order chi connectivity index (χ0) is 15.4. The van der Waals surface area contributed by atoms with Crippen LogP contribution in [0.5, 0.6) is 0 Å². The van der Waals surface area contributed by atoms with E-state index in [1.54, 1.807) is 49.1 Å². The Balaban J connectivity index is 2.30. The number of hydrogen-bond donors (Lipinski definition) is 1. The molecule has 0 aliphatic heterocycles. The topological polar surface area (TPSA) is 88.3 Å². The van der Waals surface area contributed by atoms with E-state index in [0.29, 0.717) is 5.69 Å². The summed E-state index contributed by atoms with van der Waals surface area (Å²) in [6.45, 7) is 3.17. The third kappa shape index (κ3) is 3.44. The van der Waals surface area contributed by atoms with Gasteiger partial charge < -0.3 is 10.0 Å². The molecule has 0 fully saturated rings. The van der Waals surface area contributed by atoms with Gasteiger partial charge in [-0.1, -0.05) is 0 Å². The fourth-order valence-electron chi connectivity index (χ4n) is 1.88. The highest BCUT2D eigenvalue weighted by molar-refractivity contribution is 5.94. The highest BCUT2D eigenvalue weighted by Crippen LogP contribution is 2.11. The van der Waals surface area contributed by atoms with Gasteiger partial charge in [0.15, 0.2) is 0 Å². The van der Waals surface area contributed by atoms with E-state index in [1.165, 1.54) is 11.1 Å². The molecule has 0 unspecified atom stereocenters. The molecule has 0 aliphatic carbocycles. The lowest BCUT2D eigenvalue weighted by molar-refractivity contribution is -0.138. The number of aromatic nitrogens is 3. The number of hydrogen-bond acceptors (Lipinski definition) is 4. The van der Waals surface area contributed by atoms with Crippen molar-refractivity contribution in [1.82, 2.24) is 19.7 Å².